The number of carboxylic acids is 1. The van der Waals surface area contributed by atoms with Gasteiger partial charge in [0.1, 0.15) is 0 Å². The highest BCUT2D eigenvalue weighted by molar-refractivity contribution is 5.76. The smallest absolute Gasteiger partial charge is 0.303 e. The normalized spacial score (nSPS) is 19.1. The molecule has 1 saturated heterocycles. The molecule has 0 aliphatic carbocycles. The first-order valence-electron chi connectivity index (χ1n) is 6.12. The van der Waals surface area contributed by atoms with Gasteiger partial charge in [-0.3, -0.25) is 14.3 Å². The van der Waals surface area contributed by atoms with Gasteiger partial charge < -0.3 is 10.0 Å². The molecule has 0 aromatic carbocycles. The molecular formula is C12H17N3O3. The van der Waals surface area contributed by atoms with E-state index in [1.54, 1.807) is 15.8 Å². The van der Waals surface area contributed by atoms with Crippen LogP contribution in [0.5, 0.6) is 0 Å². The van der Waals surface area contributed by atoms with Gasteiger partial charge >= 0.3 is 5.97 Å². The van der Waals surface area contributed by atoms with E-state index in [1.807, 2.05) is 12.3 Å². The predicted molar refractivity (Wildman–Crippen MR) is 63.8 cm³/mol. The Kier molecular flexibility index (Phi) is 3.96. The van der Waals surface area contributed by atoms with Gasteiger partial charge in [0.25, 0.3) is 0 Å². The molecule has 1 aliphatic rings. The number of carboxylic acid groups (broad SMARTS) is 1. The highest BCUT2D eigenvalue weighted by Gasteiger charge is 2.27. The molecule has 1 fully saturated rings. The van der Waals surface area contributed by atoms with Gasteiger partial charge in [0.15, 0.2) is 0 Å². The molecule has 98 valence electrons. The van der Waals surface area contributed by atoms with Crippen LogP contribution in [0.25, 0.3) is 0 Å². The van der Waals surface area contributed by atoms with Crippen LogP contribution < -0.4 is 0 Å². The molecule has 1 aromatic heterocycles. The molecule has 2 rings (SSSR count). The van der Waals surface area contributed by atoms with E-state index < -0.39 is 5.97 Å². The molecule has 1 atom stereocenters. The summed E-state index contributed by atoms with van der Waals surface area (Å²) in [5.41, 5.74) is 0. The lowest BCUT2D eigenvalue weighted by Crippen LogP contribution is -2.29. The number of carbonyl (C=O) groups is 2. The SMILES string of the molecule is O=C(O)CC1CCN(C(=O)CCn2cccn2)C1. The first-order valence-corrected chi connectivity index (χ1v) is 6.12. The van der Waals surface area contributed by atoms with Crippen LogP contribution in [0.2, 0.25) is 0 Å². The number of likely N-dealkylation sites (tertiary alicyclic amines) is 1. The molecule has 0 saturated carbocycles. The molecule has 2 heterocycles. The first kappa shape index (κ1) is 12.6. The quantitative estimate of drug-likeness (QED) is 0.831. The Morgan fingerprint density at radius 1 is 1.44 bits per heavy atom. The van der Waals surface area contributed by atoms with Gasteiger partial charge in [-0.1, -0.05) is 0 Å². The minimum Gasteiger partial charge on any atom is -0.481 e. The standard InChI is InChI=1S/C12H17N3O3/c16-11(3-7-15-5-1-4-13-15)14-6-2-10(9-14)8-12(17)18/h1,4-5,10H,2-3,6-9H2,(H,17,18). The number of aromatic nitrogens is 2. The van der Waals surface area contributed by atoms with E-state index in [9.17, 15) is 9.59 Å². The van der Waals surface area contributed by atoms with E-state index in [2.05, 4.69) is 5.10 Å². The van der Waals surface area contributed by atoms with E-state index in [1.165, 1.54) is 0 Å². The number of amides is 1. The Hall–Kier alpha value is -1.85. The number of nitrogens with zero attached hydrogens (tertiary/aromatic N) is 3. The molecule has 0 radical (unpaired) electrons. The number of rotatable bonds is 5. The third-order valence-corrected chi connectivity index (χ3v) is 3.22. The fraction of sp³-hybridized carbons (Fsp3) is 0.583. The molecule has 0 spiro atoms. The van der Waals surface area contributed by atoms with Crippen LogP contribution in [0.3, 0.4) is 0 Å². The summed E-state index contributed by atoms with van der Waals surface area (Å²) < 4.78 is 1.72. The lowest BCUT2D eigenvalue weighted by molar-refractivity contribution is -0.138. The third-order valence-electron chi connectivity index (χ3n) is 3.22. The van der Waals surface area contributed by atoms with Crippen molar-refractivity contribution >= 4 is 11.9 Å². The second kappa shape index (κ2) is 5.66. The summed E-state index contributed by atoms with van der Waals surface area (Å²) >= 11 is 0. The van der Waals surface area contributed by atoms with Crippen molar-refractivity contribution in [3.63, 3.8) is 0 Å². The summed E-state index contributed by atoms with van der Waals surface area (Å²) in [6, 6.07) is 1.82. The summed E-state index contributed by atoms with van der Waals surface area (Å²) in [6.45, 7) is 1.83. The van der Waals surface area contributed by atoms with Crippen molar-refractivity contribution in [2.75, 3.05) is 13.1 Å². The molecule has 0 bridgehead atoms. The molecule has 1 unspecified atom stereocenters. The maximum Gasteiger partial charge on any atom is 0.303 e. The molecule has 6 nitrogen and oxygen atoms in total. The third kappa shape index (κ3) is 3.32. The van der Waals surface area contributed by atoms with E-state index in [0.717, 1.165) is 6.42 Å². The van der Waals surface area contributed by atoms with Crippen LogP contribution in [-0.2, 0) is 16.1 Å². The van der Waals surface area contributed by atoms with Crippen molar-refractivity contribution in [1.29, 1.82) is 0 Å². The van der Waals surface area contributed by atoms with Crippen LogP contribution in [0.4, 0.5) is 0 Å². The van der Waals surface area contributed by atoms with Gasteiger partial charge in [-0.2, -0.15) is 5.10 Å². The zero-order valence-corrected chi connectivity index (χ0v) is 10.2. The minimum atomic E-state index is -0.786. The van der Waals surface area contributed by atoms with Crippen molar-refractivity contribution in [3.8, 4) is 0 Å². The van der Waals surface area contributed by atoms with E-state index >= 15 is 0 Å². The van der Waals surface area contributed by atoms with Crippen LogP contribution in [0.15, 0.2) is 18.5 Å². The van der Waals surface area contributed by atoms with Crippen LogP contribution in [0.1, 0.15) is 19.3 Å². The van der Waals surface area contributed by atoms with E-state index in [4.69, 9.17) is 5.11 Å². The second-order valence-corrected chi connectivity index (χ2v) is 4.61. The van der Waals surface area contributed by atoms with Crippen LogP contribution in [-0.4, -0.2) is 44.8 Å². The summed E-state index contributed by atoms with van der Waals surface area (Å²) in [5, 5.41) is 12.7. The van der Waals surface area contributed by atoms with Crippen molar-refractivity contribution in [2.45, 2.75) is 25.8 Å². The molecule has 6 heteroatoms. The average molecular weight is 251 g/mol. The maximum atomic E-state index is 11.9. The average Bonchev–Trinajstić information content (AvgIpc) is 2.95. The molecule has 1 aliphatic heterocycles. The van der Waals surface area contributed by atoms with Crippen molar-refractivity contribution < 1.29 is 14.7 Å². The van der Waals surface area contributed by atoms with Gasteiger partial charge in [-0.15, -0.1) is 0 Å². The zero-order valence-electron chi connectivity index (χ0n) is 10.2. The Morgan fingerprint density at radius 3 is 2.94 bits per heavy atom. The van der Waals surface area contributed by atoms with E-state index in [-0.39, 0.29) is 18.2 Å². The molecule has 1 N–H and O–H groups in total. The monoisotopic (exact) mass is 251 g/mol. The number of hydrogen-bond donors (Lipinski definition) is 1. The van der Waals surface area contributed by atoms with Crippen LogP contribution in [0, 0.1) is 5.92 Å². The van der Waals surface area contributed by atoms with Gasteiger partial charge in [-0.05, 0) is 18.4 Å². The van der Waals surface area contributed by atoms with E-state index in [0.29, 0.717) is 26.1 Å². The fourth-order valence-electron chi connectivity index (χ4n) is 2.27. The summed E-state index contributed by atoms with van der Waals surface area (Å²) in [7, 11) is 0. The Morgan fingerprint density at radius 2 is 2.28 bits per heavy atom. The molecule has 1 aromatic rings. The van der Waals surface area contributed by atoms with Crippen LogP contribution >= 0.6 is 0 Å². The molecular weight excluding hydrogens is 234 g/mol. The number of hydrogen-bond acceptors (Lipinski definition) is 3. The highest BCUT2D eigenvalue weighted by atomic mass is 16.4. The number of aliphatic carboxylic acids is 1. The molecule has 18 heavy (non-hydrogen) atoms. The number of aryl methyl sites for hydroxylation is 1. The van der Waals surface area contributed by atoms with Gasteiger partial charge in [0.05, 0.1) is 0 Å². The van der Waals surface area contributed by atoms with Crippen molar-refractivity contribution in [3.05, 3.63) is 18.5 Å². The summed E-state index contributed by atoms with van der Waals surface area (Å²) in [6.07, 6.45) is 4.87. The maximum absolute atomic E-state index is 11.9. The van der Waals surface area contributed by atoms with Gasteiger partial charge in [-0.25, -0.2) is 0 Å². The Balaban J connectivity index is 1.75. The minimum absolute atomic E-state index is 0.0818. The second-order valence-electron chi connectivity index (χ2n) is 4.61. The lowest BCUT2D eigenvalue weighted by Gasteiger charge is -2.16. The largest absolute Gasteiger partial charge is 0.481 e. The van der Waals surface area contributed by atoms with Crippen molar-refractivity contribution in [1.82, 2.24) is 14.7 Å². The highest BCUT2D eigenvalue weighted by Crippen LogP contribution is 2.20. The Labute approximate surface area is 105 Å². The topological polar surface area (TPSA) is 75.4 Å². The first-order chi connectivity index (χ1) is 8.65. The number of carbonyl (C=O) groups excluding carboxylic acids is 1. The van der Waals surface area contributed by atoms with Crippen molar-refractivity contribution in [2.24, 2.45) is 5.92 Å². The molecule has 1 amide bonds. The van der Waals surface area contributed by atoms with Gasteiger partial charge in [0.2, 0.25) is 5.91 Å². The fourth-order valence-corrected chi connectivity index (χ4v) is 2.27. The van der Waals surface area contributed by atoms with Gasteiger partial charge in [0, 0.05) is 44.9 Å². The lowest BCUT2D eigenvalue weighted by atomic mass is 10.1. The summed E-state index contributed by atoms with van der Waals surface area (Å²) in [5.74, 6) is -0.597. The zero-order chi connectivity index (χ0) is 13.0. The predicted octanol–water partition coefficient (Wildman–Crippen LogP) is 0.596. The summed E-state index contributed by atoms with van der Waals surface area (Å²) in [4.78, 5) is 24.3. The Bertz CT molecular complexity index is 416.